The summed E-state index contributed by atoms with van der Waals surface area (Å²) in [5.74, 6) is -1.02. The number of hydrogen-bond acceptors (Lipinski definition) is 6. The van der Waals surface area contributed by atoms with Crippen molar-refractivity contribution in [2.45, 2.75) is 32.2 Å². The first-order valence-corrected chi connectivity index (χ1v) is 11.1. The quantitative estimate of drug-likeness (QED) is 0.408. The zero-order valence-electron chi connectivity index (χ0n) is 17.8. The third-order valence-electron chi connectivity index (χ3n) is 6.98. The molecule has 5 rings (SSSR count). The minimum absolute atomic E-state index is 0.0278. The van der Waals surface area contributed by atoms with Crippen molar-refractivity contribution in [1.82, 2.24) is 5.32 Å². The molecule has 170 valence electrons. The van der Waals surface area contributed by atoms with Crippen LogP contribution in [0.4, 0.5) is 21.9 Å². The summed E-state index contributed by atoms with van der Waals surface area (Å²) in [5.41, 5.74) is -0.0663. The van der Waals surface area contributed by atoms with Crippen LogP contribution in [-0.4, -0.2) is 35.4 Å². The Morgan fingerprint density at radius 1 is 1.15 bits per heavy atom. The summed E-state index contributed by atoms with van der Waals surface area (Å²) >= 11 is 5.97. The van der Waals surface area contributed by atoms with Crippen LogP contribution in [0.3, 0.4) is 0 Å². The van der Waals surface area contributed by atoms with Crippen LogP contribution in [0, 0.1) is 21.4 Å². The number of anilines is 2. The first-order chi connectivity index (χ1) is 15.7. The van der Waals surface area contributed by atoms with E-state index in [0.29, 0.717) is 29.2 Å². The fourth-order valence-electron chi connectivity index (χ4n) is 5.35. The SMILES string of the molecule is C[C@@H]1CCN2c3ccc([N+](=O)[O-])cc3C[C@]3(C(=O)NC(=O)N(c4ccc(Cl)cc4)C3=O)[C@@H]2C1. The monoisotopic (exact) mass is 468 g/mol. The second-order valence-corrected chi connectivity index (χ2v) is 9.37. The predicted octanol–water partition coefficient (Wildman–Crippen LogP) is 3.68. The maximum absolute atomic E-state index is 14.0. The van der Waals surface area contributed by atoms with Crippen molar-refractivity contribution in [3.8, 4) is 0 Å². The van der Waals surface area contributed by atoms with Gasteiger partial charge in [-0.05, 0) is 54.7 Å². The van der Waals surface area contributed by atoms with Gasteiger partial charge in [0.05, 0.1) is 16.7 Å². The minimum atomic E-state index is -1.59. The topological polar surface area (TPSA) is 113 Å². The Balaban J connectivity index is 1.68. The van der Waals surface area contributed by atoms with Gasteiger partial charge in [0, 0.05) is 35.8 Å². The van der Waals surface area contributed by atoms with E-state index in [-0.39, 0.29) is 18.0 Å². The number of piperidine rings is 1. The van der Waals surface area contributed by atoms with Crippen LogP contribution in [0.1, 0.15) is 25.3 Å². The van der Waals surface area contributed by atoms with E-state index in [9.17, 15) is 24.5 Å². The van der Waals surface area contributed by atoms with Gasteiger partial charge >= 0.3 is 6.03 Å². The number of nitro benzene ring substituents is 1. The van der Waals surface area contributed by atoms with Gasteiger partial charge in [-0.3, -0.25) is 25.0 Å². The van der Waals surface area contributed by atoms with Gasteiger partial charge in [0.2, 0.25) is 5.91 Å². The van der Waals surface area contributed by atoms with Crippen molar-refractivity contribution in [3.63, 3.8) is 0 Å². The Morgan fingerprint density at radius 2 is 1.88 bits per heavy atom. The van der Waals surface area contributed by atoms with Gasteiger partial charge in [-0.15, -0.1) is 0 Å². The zero-order valence-corrected chi connectivity index (χ0v) is 18.5. The number of barbiturate groups is 1. The average Bonchev–Trinajstić information content (AvgIpc) is 2.78. The molecule has 1 N–H and O–H groups in total. The lowest BCUT2D eigenvalue weighted by molar-refractivity contribution is -0.384. The molecule has 2 aromatic rings. The number of rotatable bonds is 2. The number of hydrogen-bond donors (Lipinski definition) is 1. The normalized spacial score (nSPS) is 26.7. The van der Waals surface area contributed by atoms with Crippen molar-refractivity contribution in [1.29, 1.82) is 0 Å². The Bertz CT molecular complexity index is 1200. The number of carbonyl (C=O) groups excluding carboxylic acids is 3. The molecule has 0 aliphatic carbocycles. The minimum Gasteiger partial charge on any atom is -0.367 e. The van der Waals surface area contributed by atoms with Crippen molar-refractivity contribution < 1.29 is 19.3 Å². The van der Waals surface area contributed by atoms with E-state index in [1.165, 1.54) is 12.1 Å². The predicted molar refractivity (Wildman–Crippen MR) is 121 cm³/mol. The Morgan fingerprint density at radius 3 is 2.58 bits per heavy atom. The molecular formula is C23H21ClN4O5. The van der Waals surface area contributed by atoms with Crippen LogP contribution in [0.25, 0.3) is 0 Å². The second kappa shape index (κ2) is 7.55. The van der Waals surface area contributed by atoms with Crippen LogP contribution in [0.2, 0.25) is 5.02 Å². The number of halogens is 1. The van der Waals surface area contributed by atoms with Crippen LogP contribution in [0.15, 0.2) is 42.5 Å². The number of imide groups is 2. The lowest BCUT2D eigenvalue weighted by Gasteiger charge is -2.54. The molecule has 0 saturated carbocycles. The highest BCUT2D eigenvalue weighted by molar-refractivity contribution is 6.32. The fourth-order valence-corrected chi connectivity index (χ4v) is 5.48. The summed E-state index contributed by atoms with van der Waals surface area (Å²) in [6, 6.07) is 9.48. The lowest BCUT2D eigenvalue weighted by atomic mass is 9.64. The first-order valence-electron chi connectivity index (χ1n) is 10.7. The average molecular weight is 469 g/mol. The van der Waals surface area contributed by atoms with Gasteiger partial charge in [-0.1, -0.05) is 18.5 Å². The van der Waals surface area contributed by atoms with Crippen molar-refractivity contribution in [2.75, 3.05) is 16.3 Å². The van der Waals surface area contributed by atoms with Crippen LogP contribution >= 0.6 is 11.6 Å². The number of benzene rings is 2. The van der Waals surface area contributed by atoms with E-state index >= 15 is 0 Å². The zero-order chi connectivity index (χ0) is 23.5. The van der Waals surface area contributed by atoms with Crippen molar-refractivity contribution >= 4 is 46.5 Å². The molecule has 1 spiro atoms. The van der Waals surface area contributed by atoms with E-state index in [4.69, 9.17) is 11.6 Å². The highest BCUT2D eigenvalue weighted by Crippen LogP contribution is 2.49. The summed E-state index contributed by atoms with van der Waals surface area (Å²) in [7, 11) is 0. The molecule has 4 amide bonds. The molecule has 0 unspecified atom stereocenters. The summed E-state index contributed by atoms with van der Waals surface area (Å²) in [6.07, 6.45) is 1.41. The summed E-state index contributed by atoms with van der Waals surface area (Å²) in [6.45, 7) is 2.68. The van der Waals surface area contributed by atoms with Gasteiger partial charge in [0.1, 0.15) is 0 Å². The van der Waals surface area contributed by atoms with Crippen LogP contribution < -0.4 is 15.1 Å². The fraction of sp³-hybridized carbons (Fsp3) is 0.348. The Hall–Kier alpha value is -3.46. The largest absolute Gasteiger partial charge is 0.367 e. The van der Waals surface area contributed by atoms with Gasteiger partial charge in [-0.2, -0.15) is 0 Å². The lowest BCUT2D eigenvalue weighted by Crippen LogP contribution is -2.73. The number of nitro groups is 1. The summed E-state index contributed by atoms with van der Waals surface area (Å²) in [5, 5.41) is 14.2. The first kappa shape index (κ1) is 21.4. The third-order valence-corrected chi connectivity index (χ3v) is 7.24. The van der Waals surface area contributed by atoms with Gasteiger partial charge in [0.25, 0.3) is 11.6 Å². The molecule has 10 heteroatoms. The molecule has 0 bridgehead atoms. The molecule has 3 aliphatic heterocycles. The Kier molecular flexibility index (Phi) is 4.89. The maximum Gasteiger partial charge on any atom is 0.335 e. The van der Waals surface area contributed by atoms with Crippen LogP contribution in [0.5, 0.6) is 0 Å². The molecule has 2 fully saturated rings. The molecule has 2 aromatic carbocycles. The molecule has 0 radical (unpaired) electrons. The molecule has 3 atom stereocenters. The maximum atomic E-state index is 14.0. The van der Waals surface area contributed by atoms with E-state index < -0.39 is 34.2 Å². The molecule has 33 heavy (non-hydrogen) atoms. The van der Waals surface area contributed by atoms with Crippen molar-refractivity contribution in [3.05, 3.63) is 63.2 Å². The number of urea groups is 1. The number of nitrogens with one attached hydrogen (secondary N) is 1. The van der Waals surface area contributed by atoms with Gasteiger partial charge in [-0.25, -0.2) is 9.69 Å². The van der Waals surface area contributed by atoms with Gasteiger partial charge < -0.3 is 4.90 Å². The van der Waals surface area contributed by atoms with E-state index in [1.54, 1.807) is 30.3 Å². The third kappa shape index (κ3) is 3.18. The standard InChI is InChI=1S/C23H21ClN4O5/c1-13-8-9-26-18-7-6-17(28(32)33)11-14(18)12-23(19(26)10-13)20(29)25-22(31)27(21(23)30)16-4-2-15(24)3-5-16/h2-7,11,13,19H,8-10,12H2,1H3,(H,25,29,31)/t13-,19+,23-/m1/s1. The number of nitrogens with zero attached hydrogens (tertiary/aromatic N) is 3. The smallest absolute Gasteiger partial charge is 0.335 e. The Labute approximate surface area is 194 Å². The number of amides is 4. The summed E-state index contributed by atoms with van der Waals surface area (Å²) < 4.78 is 0. The molecular weight excluding hydrogens is 448 g/mol. The van der Waals surface area contributed by atoms with E-state index in [1.807, 2.05) is 4.90 Å². The molecule has 9 nitrogen and oxygen atoms in total. The number of fused-ring (bicyclic) bond motifs is 4. The highest BCUT2D eigenvalue weighted by Gasteiger charge is 2.63. The summed E-state index contributed by atoms with van der Waals surface area (Å²) in [4.78, 5) is 54.2. The van der Waals surface area contributed by atoms with E-state index in [2.05, 4.69) is 12.2 Å². The molecule has 3 aliphatic rings. The molecule has 2 saturated heterocycles. The van der Waals surface area contributed by atoms with Crippen molar-refractivity contribution in [2.24, 2.45) is 11.3 Å². The molecule has 3 heterocycles. The number of non-ortho nitro benzene ring substituents is 1. The molecule has 0 aromatic heterocycles. The highest BCUT2D eigenvalue weighted by atomic mass is 35.5. The number of carbonyl (C=O) groups is 3. The van der Waals surface area contributed by atoms with E-state index in [0.717, 1.165) is 17.0 Å². The van der Waals surface area contributed by atoms with Crippen LogP contribution in [-0.2, 0) is 16.0 Å². The second-order valence-electron chi connectivity index (χ2n) is 8.93. The van der Waals surface area contributed by atoms with Gasteiger partial charge in [0.15, 0.2) is 5.41 Å².